The normalized spacial score (nSPS) is 15.4. The van der Waals surface area contributed by atoms with Crippen molar-refractivity contribution in [3.63, 3.8) is 0 Å². The molecule has 0 bridgehead atoms. The molecule has 0 unspecified atom stereocenters. The molecule has 2 N–H and O–H groups in total. The molecule has 0 atom stereocenters. The van der Waals surface area contributed by atoms with Crippen LogP contribution in [0.1, 0.15) is 15.9 Å². The van der Waals surface area contributed by atoms with E-state index in [9.17, 15) is 19.5 Å². The molecule has 3 rings (SSSR count). The molecule has 2 aromatic rings. The number of nitrogens with one attached hydrogen (secondary N) is 1. The molecular formula is C18H14N2O5S. The Morgan fingerprint density at radius 3 is 2.50 bits per heavy atom. The van der Waals surface area contributed by atoms with E-state index in [1.165, 1.54) is 12.1 Å². The summed E-state index contributed by atoms with van der Waals surface area (Å²) in [7, 11) is 1.55. The Labute approximate surface area is 153 Å². The number of imide groups is 1. The summed E-state index contributed by atoms with van der Waals surface area (Å²) < 4.78 is 5.07. The van der Waals surface area contributed by atoms with Crippen molar-refractivity contribution in [1.82, 2.24) is 10.4 Å². The highest BCUT2D eigenvalue weighted by Gasteiger charge is 2.37. The first-order chi connectivity index (χ1) is 12.5. The van der Waals surface area contributed by atoms with Crippen LogP contribution in [0.5, 0.6) is 11.5 Å². The van der Waals surface area contributed by atoms with Gasteiger partial charge in [-0.3, -0.25) is 19.8 Å². The van der Waals surface area contributed by atoms with Gasteiger partial charge in [-0.1, -0.05) is 24.3 Å². The minimum Gasteiger partial charge on any atom is -0.507 e. The number of carbonyl (C=O) groups is 3. The Hall–Kier alpha value is -3.26. The first kappa shape index (κ1) is 17.6. The predicted octanol–water partition coefficient (Wildman–Crippen LogP) is 2.78. The molecule has 0 saturated carbocycles. The van der Waals surface area contributed by atoms with Crippen molar-refractivity contribution in [2.24, 2.45) is 0 Å². The van der Waals surface area contributed by atoms with Gasteiger partial charge in [-0.05, 0) is 47.7 Å². The van der Waals surface area contributed by atoms with Crippen LogP contribution in [0.3, 0.4) is 0 Å². The second-order valence-corrected chi connectivity index (χ2v) is 6.24. The summed E-state index contributed by atoms with van der Waals surface area (Å²) in [6.07, 6.45) is 1.55. The van der Waals surface area contributed by atoms with E-state index in [0.717, 1.165) is 11.8 Å². The minimum absolute atomic E-state index is 0.0364. The van der Waals surface area contributed by atoms with Crippen LogP contribution in [0.25, 0.3) is 6.08 Å². The van der Waals surface area contributed by atoms with Gasteiger partial charge in [0, 0.05) is 0 Å². The van der Waals surface area contributed by atoms with Crippen molar-refractivity contribution in [2.75, 3.05) is 7.11 Å². The summed E-state index contributed by atoms with van der Waals surface area (Å²) in [6, 6.07) is 12.8. The molecule has 1 saturated heterocycles. The van der Waals surface area contributed by atoms with Crippen molar-refractivity contribution in [1.29, 1.82) is 0 Å². The highest BCUT2D eigenvalue weighted by Crippen LogP contribution is 2.31. The third-order valence-electron chi connectivity index (χ3n) is 3.57. The minimum atomic E-state index is -0.754. The average molecular weight is 370 g/mol. The van der Waals surface area contributed by atoms with Crippen LogP contribution in [0.15, 0.2) is 53.4 Å². The third kappa shape index (κ3) is 3.55. The molecule has 0 aromatic heterocycles. The van der Waals surface area contributed by atoms with Crippen molar-refractivity contribution in [3.8, 4) is 11.5 Å². The molecule has 132 valence electrons. The van der Waals surface area contributed by atoms with Gasteiger partial charge in [-0.15, -0.1) is 0 Å². The maximum absolute atomic E-state index is 12.4. The Bertz CT molecular complexity index is 908. The SMILES string of the molecule is COc1ccc(/C=C2\SC(=O)N(NC(=O)c3ccccc3O)C2=O)cc1. The molecule has 26 heavy (non-hydrogen) atoms. The number of nitrogens with zero attached hydrogens (tertiary/aromatic N) is 1. The summed E-state index contributed by atoms with van der Waals surface area (Å²) in [5, 5.41) is 9.71. The predicted molar refractivity (Wildman–Crippen MR) is 96.4 cm³/mol. The molecule has 0 spiro atoms. The summed E-state index contributed by atoms with van der Waals surface area (Å²) in [5.74, 6) is -0.966. The number of rotatable bonds is 4. The van der Waals surface area contributed by atoms with Crippen LogP contribution in [-0.2, 0) is 4.79 Å². The molecule has 1 fully saturated rings. The number of aromatic hydroxyl groups is 1. The summed E-state index contributed by atoms with van der Waals surface area (Å²) in [4.78, 5) is 36.8. The Kier molecular flexibility index (Phi) is 4.94. The number of amides is 3. The van der Waals surface area contributed by atoms with Gasteiger partial charge < -0.3 is 9.84 Å². The molecule has 8 heteroatoms. The lowest BCUT2D eigenvalue weighted by atomic mass is 10.2. The second-order valence-electron chi connectivity index (χ2n) is 5.25. The van der Waals surface area contributed by atoms with Crippen molar-refractivity contribution in [2.45, 2.75) is 0 Å². The molecule has 1 heterocycles. The number of para-hydroxylation sites is 1. The second kappa shape index (κ2) is 7.32. The molecular weight excluding hydrogens is 356 g/mol. The van der Waals surface area contributed by atoms with Crippen molar-refractivity contribution in [3.05, 3.63) is 64.6 Å². The lowest BCUT2D eigenvalue weighted by Gasteiger charge is -2.14. The van der Waals surface area contributed by atoms with Gasteiger partial charge in [0.1, 0.15) is 11.5 Å². The number of thioether (sulfide) groups is 1. The number of phenols is 1. The van der Waals surface area contributed by atoms with Gasteiger partial charge in [-0.25, -0.2) is 0 Å². The van der Waals surface area contributed by atoms with E-state index >= 15 is 0 Å². The third-order valence-corrected chi connectivity index (χ3v) is 4.44. The zero-order valence-electron chi connectivity index (χ0n) is 13.6. The van der Waals surface area contributed by atoms with E-state index < -0.39 is 17.1 Å². The van der Waals surface area contributed by atoms with E-state index in [1.54, 1.807) is 49.6 Å². The van der Waals surface area contributed by atoms with Crippen LogP contribution >= 0.6 is 11.8 Å². The largest absolute Gasteiger partial charge is 0.507 e. The van der Waals surface area contributed by atoms with E-state index in [-0.39, 0.29) is 16.2 Å². The molecule has 3 amide bonds. The topological polar surface area (TPSA) is 95.9 Å². The number of phenolic OH excluding ortho intramolecular Hbond substituents is 1. The van der Waals surface area contributed by atoms with Crippen LogP contribution in [0, 0.1) is 0 Å². The van der Waals surface area contributed by atoms with Crippen molar-refractivity contribution >= 4 is 34.9 Å². The lowest BCUT2D eigenvalue weighted by Crippen LogP contribution is -2.44. The van der Waals surface area contributed by atoms with Gasteiger partial charge >= 0.3 is 5.24 Å². The Balaban J connectivity index is 1.77. The number of hydrazine groups is 1. The number of hydrogen-bond donors (Lipinski definition) is 2. The fraction of sp³-hybridized carbons (Fsp3) is 0.0556. The van der Waals surface area contributed by atoms with Gasteiger partial charge in [0.2, 0.25) is 0 Å². The fourth-order valence-electron chi connectivity index (χ4n) is 2.24. The van der Waals surface area contributed by atoms with E-state index in [2.05, 4.69) is 5.43 Å². The average Bonchev–Trinajstić information content (AvgIpc) is 2.90. The summed E-state index contributed by atoms with van der Waals surface area (Å²) in [5.41, 5.74) is 2.90. The lowest BCUT2D eigenvalue weighted by molar-refractivity contribution is -0.124. The van der Waals surface area contributed by atoms with Gasteiger partial charge in [0.05, 0.1) is 17.6 Å². The van der Waals surface area contributed by atoms with Crippen LogP contribution in [0.4, 0.5) is 4.79 Å². The smallest absolute Gasteiger partial charge is 0.312 e. The number of methoxy groups -OCH3 is 1. The molecule has 2 aromatic carbocycles. The monoisotopic (exact) mass is 370 g/mol. The highest BCUT2D eigenvalue weighted by molar-refractivity contribution is 8.18. The van der Waals surface area contributed by atoms with Crippen LogP contribution < -0.4 is 10.2 Å². The first-order valence-corrected chi connectivity index (χ1v) is 8.32. The van der Waals surface area contributed by atoms with Crippen LogP contribution in [-0.4, -0.2) is 34.3 Å². The van der Waals surface area contributed by atoms with E-state index in [4.69, 9.17) is 4.74 Å². The Morgan fingerprint density at radius 1 is 1.15 bits per heavy atom. The molecule has 0 aliphatic carbocycles. The Morgan fingerprint density at radius 2 is 1.85 bits per heavy atom. The maximum Gasteiger partial charge on any atom is 0.312 e. The number of ether oxygens (including phenoxy) is 1. The number of carbonyl (C=O) groups excluding carboxylic acids is 3. The van der Waals surface area contributed by atoms with E-state index in [0.29, 0.717) is 16.3 Å². The maximum atomic E-state index is 12.4. The first-order valence-electron chi connectivity index (χ1n) is 7.50. The number of hydrogen-bond acceptors (Lipinski definition) is 6. The van der Waals surface area contributed by atoms with Gasteiger partial charge in [0.15, 0.2) is 0 Å². The van der Waals surface area contributed by atoms with Gasteiger partial charge in [-0.2, -0.15) is 5.01 Å². The quantitative estimate of drug-likeness (QED) is 0.804. The number of benzene rings is 2. The zero-order valence-corrected chi connectivity index (χ0v) is 14.4. The summed E-state index contributed by atoms with van der Waals surface area (Å²) >= 11 is 0.718. The molecule has 0 radical (unpaired) electrons. The molecule has 1 aliphatic heterocycles. The van der Waals surface area contributed by atoms with Gasteiger partial charge in [0.25, 0.3) is 11.8 Å². The fourth-order valence-corrected chi connectivity index (χ4v) is 3.02. The van der Waals surface area contributed by atoms with Crippen molar-refractivity contribution < 1.29 is 24.2 Å². The molecule has 1 aliphatic rings. The standard InChI is InChI=1S/C18H14N2O5S/c1-25-12-8-6-11(7-9-12)10-15-17(23)20(18(24)26-15)19-16(22)13-4-2-3-5-14(13)21/h2-10,21H,1H3,(H,19,22)/b15-10-. The zero-order chi connectivity index (χ0) is 18.7. The highest BCUT2D eigenvalue weighted by atomic mass is 32.2. The molecule has 7 nitrogen and oxygen atoms in total. The van der Waals surface area contributed by atoms with Crippen LogP contribution in [0.2, 0.25) is 0 Å². The van der Waals surface area contributed by atoms with E-state index in [1.807, 2.05) is 0 Å². The summed E-state index contributed by atoms with van der Waals surface area (Å²) in [6.45, 7) is 0.